The topological polar surface area (TPSA) is 66.3 Å². The second-order valence-electron chi connectivity index (χ2n) is 5.87. The van der Waals surface area contributed by atoms with Crippen LogP contribution in [0.15, 0.2) is 6.33 Å². The molecular weight excluding hydrogens is 268 g/mol. The van der Waals surface area contributed by atoms with E-state index in [2.05, 4.69) is 34.3 Å². The maximum Gasteiger partial charge on any atom is 0.317 e. The minimum absolute atomic E-state index is 0.00940. The van der Waals surface area contributed by atoms with Gasteiger partial charge in [-0.2, -0.15) is 0 Å². The number of amides is 2. The Bertz CT molecular complexity index is 450. The summed E-state index contributed by atoms with van der Waals surface area (Å²) >= 11 is 0. The molecule has 1 aliphatic heterocycles. The molecule has 0 saturated carbocycles. The number of urea groups is 1. The molecule has 0 bridgehead atoms. The van der Waals surface area contributed by atoms with Crippen molar-refractivity contribution >= 4 is 6.03 Å². The number of hydrogen-bond donors (Lipinski definition) is 1. The van der Waals surface area contributed by atoms with Crippen LogP contribution in [0.4, 0.5) is 4.79 Å². The third-order valence-electron chi connectivity index (χ3n) is 3.72. The fourth-order valence-corrected chi connectivity index (χ4v) is 2.60. The zero-order chi connectivity index (χ0) is 15.2. The molecule has 7 heteroatoms. The van der Waals surface area contributed by atoms with Gasteiger partial charge in [-0.25, -0.2) is 4.79 Å². The van der Waals surface area contributed by atoms with Gasteiger partial charge in [0.1, 0.15) is 6.33 Å². The number of rotatable bonds is 5. The average molecular weight is 294 g/mol. The number of nitrogens with zero attached hydrogens (tertiary/aromatic N) is 5. The Morgan fingerprint density at radius 2 is 2.05 bits per heavy atom. The predicted molar refractivity (Wildman–Crippen MR) is 80.8 cm³/mol. The van der Waals surface area contributed by atoms with E-state index in [-0.39, 0.29) is 6.03 Å². The van der Waals surface area contributed by atoms with Crippen molar-refractivity contribution < 1.29 is 4.79 Å². The number of nitrogens with one attached hydrogen (secondary N) is 1. The molecule has 1 aromatic heterocycles. The van der Waals surface area contributed by atoms with Gasteiger partial charge in [0.25, 0.3) is 0 Å². The van der Waals surface area contributed by atoms with Crippen molar-refractivity contribution in [1.82, 2.24) is 29.9 Å². The van der Waals surface area contributed by atoms with Gasteiger partial charge >= 0.3 is 6.03 Å². The highest BCUT2D eigenvalue weighted by Crippen LogP contribution is 2.05. The zero-order valence-corrected chi connectivity index (χ0v) is 13.2. The first kappa shape index (κ1) is 15.8. The quantitative estimate of drug-likeness (QED) is 0.871. The molecule has 118 valence electrons. The molecule has 2 rings (SSSR count). The Labute approximate surface area is 126 Å². The van der Waals surface area contributed by atoms with Crippen LogP contribution in [0.1, 0.15) is 26.6 Å². The molecule has 0 radical (unpaired) electrons. The van der Waals surface area contributed by atoms with Gasteiger partial charge in [0.05, 0.1) is 6.54 Å². The lowest BCUT2D eigenvalue weighted by Gasteiger charge is -2.35. The monoisotopic (exact) mass is 294 g/mol. The summed E-state index contributed by atoms with van der Waals surface area (Å²) in [5.41, 5.74) is 0. The summed E-state index contributed by atoms with van der Waals surface area (Å²) in [5, 5.41) is 10.8. The highest BCUT2D eigenvalue weighted by Gasteiger charge is 2.21. The summed E-state index contributed by atoms with van der Waals surface area (Å²) in [6, 6.07) is -0.00940. The van der Waals surface area contributed by atoms with Gasteiger partial charge in [-0.1, -0.05) is 13.8 Å². The van der Waals surface area contributed by atoms with Crippen molar-refractivity contribution in [2.24, 2.45) is 5.92 Å². The van der Waals surface area contributed by atoms with Gasteiger partial charge in [-0.05, 0) is 12.8 Å². The van der Waals surface area contributed by atoms with Gasteiger partial charge in [0.15, 0.2) is 5.82 Å². The van der Waals surface area contributed by atoms with Gasteiger partial charge < -0.3 is 14.8 Å². The number of piperazine rings is 1. The van der Waals surface area contributed by atoms with E-state index in [1.165, 1.54) is 0 Å². The van der Waals surface area contributed by atoms with Crippen molar-refractivity contribution in [2.75, 3.05) is 32.7 Å². The normalized spacial score (nSPS) is 16.5. The van der Waals surface area contributed by atoms with Crippen molar-refractivity contribution in [2.45, 2.75) is 33.9 Å². The van der Waals surface area contributed by atoms with Gasteiger partial charge in [0.2, 0.25) is 0 Å². The van der Waals surface area contributed by atoms with Crippen molar-refractivity contribution in [3.05, 3.63) is 12.2 Å². The van der Waals surface area contributed by atoms with Crippen LogP contribution in [0.25, 0.3) is 0 Å². The van der Waals surface area contributed by atoms with E-state index in [9.17, 15) is 4.79 Å². The molecule has 1 N–H and O–H groups in total. The van der Waals surface area contributed by atoms with E-state index >= 15 is 0 Å². The number of aromatic nitrogens is 3. The minimum atomic E-state index is -0.00940. The molecule has 0 aliphatic carbocycles. The summed E-state index contributed by atoms with van der Waals surface area (Å²) in [7, 11) is 0. The van der Waals surface area contributed by atoms with Crippen LogP contribution >= 0.6 is 0 Å². The smallest absolute Gasteiger partial charge is 0.317 e. The maximum absolute atomic E-state index is 12.2. The van der Waals surface area contributed by atoms with Crippen molar-refractivity contribution in [3.8, 4) is 0 Å². The Kier molecular flexibility index (Phi) is 5.55. The molecule has 1 fully saturated rings. The third kappa shape index (κ3) is 4.42. The summed E-state index contributed by atoms with van der Waals surface area (Å²) in [4.78, 5) is 16.5. The third-order valence-corrected chi connectivity index (χ3v) is 3.72. The largest absolute Gasteiger partial charge is 0.331 e. The molecule has 1 aliphatic rings. The van der Waals surface area contributed by atoms with E-state index in [1.54, 1.807) is 6.33 Å². The Morgan fingerprint density at radius 1 is 1.33 bits per heavy atom. The Balaban J connectivity index is 1.75. The van der Waals surface area contributed by atoms with Crippen molar-refractivity contribution in [3.63, 3.8) is 0 Å². The summed E-state index contributed by atoms with van der Waals surface area (Å²) < 4.78 is 1.93. The first-order chi connectivity index (χ1) is 10.1. The summed E-state index contributed by atoms with van der Waals surface area (Å²) in [6.45, 7) is 12.3. The highest BCUT2D eigenvalue weighted by molar-refractivity contribution is 5.74. The first-order valence-corrected chi connectivity index (χ1v) is 7.72. The molecule has 21 heavy (non-hydrogen) atoms. The number of aryl methyl sites for hydroxylation is 1. The fraction of sp³-hybridized carbons (Fsp3) is 0.786. The van der Waals surface area contributed by atoms with Crippen LogP contribution in [0.3, 0.4) is 0 Å². The molecule has 2 amide bonds. The van der Waals surface area contributed by atoms with E-state index in [4.69, 9.17) is 0 Å². The molecular formula is C14H26N6O. The lowest BCUT2D eigenvalue weighted by Crippen LogP contribution is -2.52. The highest BCUT2D eigenvalue weighted by atomic mass is 16.2. The van der Waals surface area contributed by atoms with Crippen LogP contribution in [-0.2, 0) is 13.1 Å². The van der Waals surface area contributed by atoms with Gasteiger partial charge in [0, 0.05) is 39.3 Å². The van der Waals surface area contributed by atoms with E-state index in [0.29, 0.717) is 12.5 Å². The number of carbonyl (C=O) groups excluding carboxylic acids is 1. The van der Waals surface area contributed by atoms with Crippen LogP contribution in [-0.4, -0.2) is 63.3 Å². The second kappa shape index (κ2) is 7.40. The van der Waals surface area contributed by atoms with Crippen LogP contribution in [0, 0.1) is 5.92 Å². The van der Waals surface area contributed by atoms with E-state index in [1.807, 2.05) is 16.4 Å². The van der Waals surface area contributed by atoms with Crippen LogP contribution in [0.2, 0.25) is 0 Å². The predicted octanol–water partition coefficient (Wildman–Crippen LogP) is 0.781. The fourth-order valence-electron chi connectivity index (χ4n) is 2.60. The zero-order valence-electron chi connectivity index (χ0n) is 13.2. The number of hydrogen-bond acceptors (Lipinski definition) is 4. The molecule has 0 spiro atoms. The number of carbonyl (C=O) groups is 1. The van der Waals surface area contributed by atoms with Crippen LogP contribution in [0.5, 0.6) is 0 Å². The van der Waals surface area contributed by atoms with Crippen LogP contribution < -0.4 is 5.32 Å². The lowest BCUT2D eigenvalue weighted by molar-refractivity contribution is 0.131. The SMILES string of the molecule is CCn1cnnc1CNC(=O)N1CCN(CC(C)C)CC1. The molecule has 2 heterocycles. The average Bonchev–Trinajstić information content (AvgIpc) is 2.92. The second-order valence-corrected chi connectivity index (χ2v) is 5.87. The van der Waals surface area contributed by atoms with E-state index in [0.717, 1.165) is 45.1 Å². The van der Waals surface area contributed by atoms with Crippen molar-refractivity contribution in [1.29, 1.82) is 0 Å². The molecule has 1 saturated heterocycles. The summed E-state index contributed by atoms with van der Waals surface area (Å²) in [6.07, 6.45) is 1.69. The summed E-state index contributed by atoms with van der Waals surface area (Å²) in [5.74, 6) is 1.47. The molecule has 0 aromatic carbocycles. The molecule has 0 atom stereocenters. The minimum Gasteiger partial charge on any atom is -0.331 e. The van der Waals surface area contributed by atoms with E-state index < -0.39 is 0 Å². The Hall–Kier alpha value is -1.63. The van der Waals surface area contributed by atoms with Gasteiger partial charge in [-0.3, -0.25) is 4.90 Å². The lowest BCUT2D eigenvalue weighted by atomic mass is 10.2. The van der Waals surface area contributed by atoms with Gasteiger partial charge in [-0.15, -0.1) is 10.2 Å². The first-order valence-electron chi connectivity index (χ1n) is 7.72. The standard InChI is InChI=1S/C14H26N6O/c1-4-19-11-16-17-13(19)9-15-14(21)20-7-5-18(6-8-20)10-12(2)3/h11-12H,4-10H2,1-3H3,(H,15,21). The maximum atomic E-state index is 12.2. The Morgan fingerprint density at radius 3 is 2.67 bits per heavy atom. The molecule has 0 unspecified atom stereocenters. The molecule has 7 nitrogen and oxygen atoms in total. The molecule has 1 aromatic rings.